The fourth-order valence-corrected chi connectivity index (χ4v) is 3.37. The Hall–Kier alpha value is -4.36. The molecule has 11 nitrogen and oxygen atoms in total. The van der Waals surface area contributed by atoms with E-state index in [-0.39, 0.29) is 23.6 Å². The van der Waals surface area contributed by atoms with Crippen LogP contribution in [0.3, 0.4) is 0 Å². The summed E-state index contributed by atoms with van der Waals surface area (Å²) in [6.45, 7) is 2.01. The Kier molecular flexibility index (Phi) is 7.96. The molecule has 0 fully saturated rings. The summed E-state index contributed by atoms with van der Waals surface area (Å²) in [7, 11) is 0. The number of Topliss-reactive ketones (excluding diaryl/α,β-unsaturated/α-hetero) is 1. The lowest BCUT2D eigenvalue weighted by Crippen LogP contribution is -2.50. The number of amides is 2. The molecule has 3 rings (SSSR count). The number of hydrogen-bond acceptors (Lipinski definition) is 7. The second-order valence-electron chi connectivity index (χ2n) is 8.11. The number of ketones is 1. The van der Waals surface area contributed by atoms with Crippen LogP contribution in [-0.4, -0.2) is 55.0 Å². The zero-order valence-corrected chi connectivity index (χ0v) is 19.2. The van der Waals surface area contributed by atoms with Gasteiger partial charge in [-0.15, -0.1) is 5.10 Å². The molecule has 0 bridgehead atoms. The lowest BCUT2D eigenvalue weighted by atomic mass is 9.99. The summed E-state index contributed by atoms with van der Waals surface area (Å²) in [4.78, 5) is 50.1. The molecule has 0 radical (unpaired) electrons. The SMILES string of the molecule is CC(C)C(NC(=O)Cn1c(-c2ccccc2)ccc(NC(=O)Cc2nnn[nH]2)c1=O)C(=O)C(F)(F)F. The van der Waals surface area contributed by atoms with Gasteiger partial charge in [0.15, 0.2) is 5.82 Å². The second-order valence-corrected chi connectivity index (χ2v) is 8.11. The standard InChI is InChI=1S/C22H22F3N7O4/c1-12(2)19(20(35)22(23,24)25)27-18(34)11-32-15(13-6-4-3-5-7-13)9-8-14(21(32)36)26-17(33)10-16-28-30-31-29-16/h3-9,12,19H,10-11H2,1-2H3,(H,26,33)(H,27,34)(H,28,29,30,31). The normalized spacial score (nSPS) is 12.3. The highest BCUT2D eigenvalue weighted by atomic mass is 19.4. The number of nitrogens with zero attached hydrogens (tertiary/aromatic N) is 4. The van der Waals surface area contributed by atoms with Crippen LogP contribution >= 0.6 is 0 Å². The molecule has 2 heterocycles. The molecule has 0 saturated carbocycles. The maximum Gasteiger partial charge on any atom is 0.452 e. The van der Waals surface area contributed by atoms with Gasteiger partial charge in [-0.2, -0.15) is 13.2 Å². The van der Waals surface area contributed by atoms with E-state index in [4.69, 9.17) is 0 Å². The van der Waals surface area contributed by atoms with Crippen molar-refractivity contribution in [3.8, 4) is 11.3 Å². The van der Waals surface area contributed by atoms with Gasteiger partial charge in [-0.05, 0) is 34.0 Å². The summed E-state index contributed by atoms with van der Waals surface area (Å²) < 4.78 is 40.0. The van der Waals surface area contributed by atoms with Gasteiger partial charge in [0, 0.05) is 0 Å². The number of benzene rings is 1. The Labute approximate surface area is 202 Å². The smallest absolute Gasteiger partial charge is 0.344 e. The number of nitrogens with one attached hydrogen (secondary N) is 3. The summed E-state index contributed by atoms with van der Waals surface area (Å²) in [5.41, 5.74) is -0.137. The van der Waals surface area contributed by atoms with Gasteiger partial charge in [0.1, 0.15) is 12.2 Å². The molecule has 0 aliphatic carbocycles. The Morgan fingerprint density at radius 1 is 1.06 bits per heavy atom. The van der Waals surface area contributed by atoms with E-state index in [1.165, 1.54) is 26.0 Å². The van der Waals surface area contributed by atoms with Crippen molar-refractivity contribution in [1.82, 2.24) is 30.5 Å². The van der Waals surface area contributed by atoms with E-state index >= 15 is 0 Å². The van der Waals surface area contributed by atoms with Crippen molar-refractivity contribution in [1.29, 1.82) is 0 Å². The van der Waals surface area contributed by atoms with Crippen molar-refractivity contribution in [2.24, 2.45) is 5.92 Å². The van der Waals surface area contributed by atoms with E-state index < -0.39 is 47.8 Å². The molecule has 1 unspecified atom stereocenters. The van der Waals surface area contributed by atoms with Gasteiger partial charge in [0.05, 0.1) is 18.2 Å². The quantitative estimate of drug-likeness (QED) is 0.398. The van der Waals surface area contributed by atoms with Gasteiger partial charge in [-0.25, -0.2) is 5.10 Å². The van der Waals surface area contributed by atoms with Gasteiger partial charge in [0.2, 0.25) is 11.8 Å². The number of halogens is 3. The van der Waals surface area contributed by atoms with E-state index in [9.17, 15) is 32.3 Å². The minimum atomic E-state index is -5.14. The van der Waals surface area contributed by atoms with Crippen molar-refractivity contribution >= 4 is 23.3 Å². The van der Waals surface area contributed by atoms with Crippen molar-refractivity contribution in [2.75, 3.05) is 5.32 Å². The number of alkyl halides is 3. The molecule has 2 amide bonds. The topological polar surface area (TPSA) is 152 Å². The second kappa shape index (κ2) is 10.9. The Balaban J connectivity index is 1.92. The van der Waals surface area contributed by atoms with Crippen molar-refractivity contribution in [3.63, 3.8) is 0 Å². The molecule has 190 valence electrons. The fourth-order valence-electron chi connectivity index (χ4n) is 3.37. The van der Waals surface area contributed by atoms with Crippen LogP contribution in [0.2, 0.25) is 0 Å². The third-order valence-electron chi connectivity index (χ3n) is 5.08. The zero-order chi connectivity index (χ0) is 26.5. The van der Waals surface area contributed by atoms with Crippen LogP contribution in [0.25, 0.3) is 11.3 Å². The van der Waals surface area contributed by atoms with Gasteiger partial charge in [0.25, 0.3) is 11.3 Å². The molecule has 1 aromatic carbocycles. The van der Waals surface area contributed by atoms with Crippen LogP contribution in [0.1, 0.15) is 19.7 Å². The Morgan fingerprint density at radius 2 is 1.75 bits per heavy atom. The maximum absolute atomic E-state index is 13.2. The minimum absolute atomic E-state index is 0.155. The summed E-state index contributed by atoms with van der Waals surface area (Å²) in [6, 6.07) is 9.47. The first kappa shape index (κ1) is 26.2. The van der Waals surface area contributed by atoms with E-state index in [0.717, 1.165) is 4.57 Å². The van der Waals surface area contributed by atoms with Crippen LogP contribution in [-0.2, 0) is 27.3 Å². The minimum Gasteiger partial charge on any atom is -0.344 e. The van der Waals surface area contributed by atoms with Gasteiger partial charge < -0.3 is 10.6 Å². The number of rotatable bonds is 9. The Morgan fingerprint density at radius 3 is 2.33 bits per heavy atom. The van der Waals surface area contributed by atoms with Crippen molar-refractivity contribution in [2.45, 2.75) is 39.0 Å². The van der Waals surface area contributed by atoms with E-state index in [1.807, 2.05) is 0 Å². The van der Waals surface area contributed by atoms with Crippen LogP contribution < -0.4 is 16.2 Å². The molecule has 36 heavy (non-hydrogen) atoms. The first-order valence-corrected chi connectivity index (χ1v) is 10.7. The molecule has 0 aliphatic heterocycles. The van der Waals surface area contributed by atoms with Crippen molar-refractivity contribution in [3.05, 3.63) is 58.6 Å². The molecule has 0 spiro atoms. The third kappa shape index (κ3) is 6.40. The molecule has 3 N–H and O–H groups in total. The number of carbonyl (C=O) groups is 3. The third-order valence-corrected chi connectivity index (χ3v) is 5.08. The number of aromatic amines is 1. The summed E-state index contributed by atoms with van der Waals surface area (Å²) in [5.74, 6) is -4.40. The van der Waals surface area contributed by atoms with Crippen LogP contribution in [0, 0.1) is 5.92 Å². The summed E-state index contributed by atoms with van der Waals surface area (Å²) >= 11 is 0. The van der Waals surface area contributed by atoms with Gasteiger partial charge >= 0.3 is 6.18 Å². The van der Waals surface area contributed by atoms with Crippen molar-refractivity contribution < 1.29 is 27.6 Å². The average molecular weight is 505 g/mol. The summed E-state index contributed by atoms with van der Waals surface area (Å²) in [5, 5.41) is 17.2. The number of tetrazole rings is 1. The highest BCUT2D eigenvalue weighted by molar-refractivity contribution is 5.93. The monoisotopic (exact) mass is 505 g/mol. The predicted octanol–water partition coefficient (Wildman–Crippen LogP) is 1.48. The molecule has 0 aliphatic rings. The number of pyridine rings is 1. The van der Waals surface area contributed by atoms with Crippen LogP contribution in [0.15, 0.2) is 47.3 Å². The highest BCUT2D eigenvalue weighted by Gasteiger charge is 2.45. The number of anilines is 1. The molecule has 0 saturated heterocycles. The average Bonchev–Trinajstić information content (AvgIpc) is 3.32. The first-order valence-electron chi connectivity index (χ1n) is 10.7. The largest absolute Gasteiger partial charge is 0.452 e. The maximum atomic E-state index is 13.2. The summed E-state index contributed by atoms with van der Waals surface area (Å²) in [6.07, 6.45) is -5.40. The molecule has 1 atom stereocenters. The number of carbonyl (C=O) groups excluding carboxylic acids is 3. The lowest BCUT2D eigenvalue weighted by Gasteiger charge is -2.23. The number of hydrogen-bond donors (Lipinski definition) is 3. The number of aromatic nitrogens is 5. The lowest BCUT2D eigenvalue weighted by molar-refractivity contribution is -0.174. The highest BCUT2D eigenvalue weighted by Crippen LogP contribution is 2.22. The van der Waals surface area contributed by atoms with Gasteiger partial charge in [-0.1, -0.05) is 44.2 Å². The molecular weight excluding hydrogens is 483 g/mol. The van der Waals surface area contributed by atoms with E-state index in [1.54, 1.807) is 30.3 Å². The van der Waals surface area contributed by atoms with Gasteiger partial charge in [-0.3, -0.25) is 23.7 Å². The fraction of sp³-hybridized carbons (Fsp3) is 0.318. The molecule has 2 aromatic heterocycles. The van der Waals surface area contributed by atoms with E-state index in [0.29, 0.717) is 5.56 Å². The first-order chi connectivity index (χ1) is 17.0. The van der Waals surface area contributed by atoms with E-state index in [2.05, 4.69) is 31.3 Å². The van der Waals surface area contributed by atoms with Crippen LogP contribution in [0.4, 0.5) is 18.9 Å². The predicted molar refractivity (Wildman–Crippen MR) is 120 cm³/mol. The molecular formula is C22H22F3N7O4. The van der Waals surface area contributed by atoms with Crippen LogP contribution in [0.5, 0.6) is 0 Å². The zero-order valence-electron chi connectivity index (χ0n) is 19.2. The Bertz CT molecular complexity index is 1290. The molecule has 3 aromatic rings. The molecule has 14 heteroatoms. The number of H-pyrrole nitrogens is 1.